The van der Waals surface area contributed by atoms with Gasteiger partial charge >= 0.3 is 123 Å². The minimum absolute atomic E-state index is 0.121. The van der Waals surface area contributed by atoms with Crippen LogP contribution in [0.3, 0.4) is 0 Å². The summed E-state index contributed by atoms with van der Waals surface area (Å²) in [4.78, 5) is 4.45. The number of nitrogens with zero attached hydrogens (tertiary/aromatic N) is 1. The second kappa shape index (κ2) is 10.8. The van der Waals surface area contributed by atoms with E-state index in [9.17, 15) is 0 Å². The van der Waals surface area contributed by atoms with Crippen LogP contribution in [0.15, 0.2) is 24.4 Å². The SMILES string of the molecule is CCCCCCCCCC(C)[I-]c1ccccn1. The molecule has 1 aromatic rings. The average Bonchev–Trinajstić information content (AvgIpc) is 2.39. The normalized spacial score (nSPS) is 12.8. The average molecular weight is 360 g/mol. The molecule has 18 heavy (non-hydrogen) atoms. The molecule has 1 nitrogen and oxygen atoms in total. The summed E-state index contributed by atoms with van der Waals surface area (Å²) in [6.07, 6.45) is 13.3. The van der Waals surface area contributed by atoms with E-state index in [-0.39, 0.29) is 21.2 Å². The van der Waals surface area contributed by atoms with Crippen LogP contribution < -0.4 is 21.2 Å². The van der Waals surface area contributed by atoms with Gasteiger partial charge in [-0.05, 0) is 0 Å². The van der Waals surface area contributed by atoms with E-state index in [4.69, 9.17) is 0 Å². The van der Waals surface area contributed by atoms with Gasteiger partial charge < -0.3 is 0 Å². The number of halogens is 1. The molecule has 0 fully saturated rings. The fourth-order valence-electron chi connectivity index (χ4n) is 2.03. The molecule has 0 aliphatic carbocycles. The number of pyridine rings is 1. The van der Waals surface area contributed by atoms with Crippen LogP contribution in [0.25, 0.3) is 0 Å². The molecule has 0 aliphatic heterocycles. The number of unbranched alkanes of at least 4 members (excludes halogenated alkanes) is 6. The van der Waals surface area contributed by atoms with E-state index in [1.807, 2.05) is 12.3 Å². The number of hydrogen-bond acceptors (Lipinski definition) is 1. The van der Waals surface area contributed by atoms with Crippen molar-refractivity contribution in [3.8, 4) is 0 Å². The maximum absolute atomic E-state index is 4.45. The number of aromatic nitrogens is 1. The summed E-state index contributed by atoms with van der Waals surface area (Å²) in [6, 6.07) is 6.31. The number of rotatable bonds is 10. The van der Waals surface area contributed by atoms with Crippen LogP contribution in [0.1, 0.15) is 65.2 Å². The molecule has 0 radical (unpaired) electrons. The predicted octanol–water partition coefficient (Wildman–Crippen LogP) is 1.87. The predicted molar refractivity (Wildman–Crippen MR) is 75.0 cm³/mol. The first kappa shape index (κ1) is 15.9. The van der Waals surface area contributed by atoms with Crippen molar-refractivity contribution < 1.29 is 21.2 Å². The standard InChI is InChI=1S/C16H27IN/c1-3-4-5-6-7-8-9-12-15(2)17-16-13-10-11-14-18-16/h10-11,13-15H,3-9,12H2,1-2H3/q-1. The molecule has 0 amide bonds. The van der Waals surface area contributed by atoms with Crippen molar-refractivity contribution in [2.45, 2.75) is 69.1 Å². The van der Waals surface area contributed by atoms with Crippen LogP contribution >= 0.6 is 0 Å². The van der Waals surface area contributed by atoms with E-state index in [1.165, 1.54) is 55.1 Å². The van der Waals surface area contributed by atoms with E-state index < -0.39 is 0 Å². The van der Waals surface area contributed by atoms with Crippen LogP contribution in [0.2, 0.25) is 0 Å². The van der Waals surface area contributed by atoms with Gasteiger partial charge in [0.05, 0.1) is 0 Å². The van der Waals surface area contributed by atoms with Crippen LogP contribution in [-0.2, 0) is 0 Å². The van der Waals surface area contributed by atoms with E-state index in [0.717, 1.165) is 3.92 Å². The van der Waals surface area contributed by atoms with Crippen molar-refractivity contribution in [3.05, 3.63) is 28.1 Å². The van der Waals surface area contributed by atoms with Gasteiger partial charge in [-0.2, -0.15) is 0 Å². The summed E-state index contributed by atoms with van der Waals surface area (Å²) in [7, 11) is 0. The van der Waals surface area contributed by atoms with Gasteiger partial charge in [-0.15, -0.1) is 0 Å². The van der Waals surface area contributed by atoms with Crippen molar-refractivity contribution in [2.75, 3.05) is 0 Å². The fourth-order valence-corrected chi connectivity index (χ4v) is 4.61. The third kappa shape index (κ3) is 8.06. The molecule has 0 N–H and O–H groups in total. The molecule has 0 aliphatic rings. The van der Waals surface area contributed by atoms with E-state index in [0.29, 0.717) is 0 Å². The Bertz CT molecular complexity index is 286. The molecular weight excluding hydrogens is 333 g/mol. The molecule has 104 valence electrons. The topological polar surface area (TPSA) is 12.9 Å². The van der Waals surface area contributed by atoms with Gasteiger partial charge in [0.15, 0.2) is 0 Å². The van der Waals surface area contributed by atoms with Crippen molar-refractivity contribution in [2.24, 2.45) is 0 Å². The Kier molecular flexibility index (Phi) is 9.54. The Labute approximate surface area is 123 Å². The Balaban J connectivity index is 1.99. The van der Waals surface area contributed by atoms with E-state index >= 15 is 0 Å². The molecule has 0 bridgehead atoms. The number of hydrogen-bond donors (Lipinski definition) is 0. The molecule has 0 aromatic carbocycles. The summed E-state index contributed by atoms with van der Waals surface area (Å²) in [5, 5.41) is 0. The molecule has 1 unspecified atom stereocenters. The van der Waals surface area contributed by atoms with Crippen LogP contribution in [0, 0.1) is 3.70 Å². The first-order valence-electron chi connectivity index (χ1n) is 7.37. The van der Waals surface area contributed by atoms with Gasteiger partial charge in [0.1, 0.15) is 0 Å². The Morgan fingerprint density at radius 2 is 1.78 bits per heavy atom. The van der Waals surface area contributed by atoms with Crippen molar-refractivity contribution in [1.82, 2.24) is 4.98 Å². The van der Waals surface area contributed by atoms with Gasteiger partial charge in [-0.3, -0.25) is 0 Å². The van der Waals surface area contributed by atoms with Gasteiger partial charge in [0, 0.05) is 0 Å². The Morgan fingerprint density at radius 3 is 2.44 bits per heavy atom. The van der Waals surface area contributed by atoms with Crippen LogP contribution in [-0.4, -0.2) is 8.91 Å². The third-order valence-electron chi connectivity index (χ3n) is 3.13. The molecule has 1 rings (SSSR count). The zero-order valence-electron chi connectivity index (χ0n) is 11.9. The third-order valence-corrected chi connectivity index (χ3v) is 6.09. The maximum atomic E-state index is 4.45. The van der Waals surface area contributed by atoms with Gasteiger partial charge in [0.2, 0.25) is 0 Å². The summed E-state index contributed by atoms with van der Waals surface area (Å²) in [5.74, 6) is 0. The van der Waals surface area contributed by atoms with Crippen LogP contribution in [0.5, 0.6) is 0 Å². The van der Waals surface area contributed by atoms with E-state index in [2.05, 4.69) is 31.0 Å². The summed E-state index contributed by atoms with van der Waals surface area (Å²) >= 11 is 0.121. The minimum atomic E-state index is 0.121. The summed E-state index contributed by atoms with van der Waals surface area (Å²) < 4.78 is 2.24. The quantitative estimate of drug-likeness (QED) is 0.269. The molecule has 1 heterocycles. The van der Waals surface area contributed by atoms with Gasteiger partial charge in [-0.25, -0.2) is 0 Å². The molecule has 1 aromatic heterocycles. The summed E-state index contributed by atoms with van der Waals surface area (Å²) in [6.45, 7) is 4.68. The number of alkyl halides is 1. The fraction of sp³-hybridized carbons (Fsp3) is 0.688. The first-order valence-corrected chi connectivity index (χ1v) is 9.69. The monoisotopic (exact) mass is 360 g/mol. The van der Waals surface area contributed by atoms with E-state index in [1.54, 1.807) is 0 Å². The van der Waals surface area contributed by atoms with Gasteiger partial charge in [-0.1, -0.05) is 0 Å². The van der Waals surface area contributed by atoms with Crippen molar-refractivity contribution in [1.29, 1.82) is 0 Å². The van der Waals surface area contributed by atoms with Gasteiger partial charge in [0.25, 0.3) is 0 Å². The second-order valence-corrected chi connectivity index (χ2v) is 8.81. The molecule has 2 heteroatoms. The zero-order valence-corrected chi connectivity index (χ0v) is 14.0. The molecule has 0 saturated carbocycles. The Morgan fingerprint density at radius 1 is 1.06 bits per heavy atom. The molecular formula is C16H27IN-. The van der Waals surface area contributed by atoms with Crippen molar-refractivity contribution >= 4 is 0 Å². The summed E-state index contributed by atoms with van der Waals surface area (Å²) in [5.41, 5.74) is 0. The second-order valence-electron chi connectivity index (χ2n) is 4.95. The molecule has 0 saturated heterocycles. The zero-order chi connectivity index (χ0) is 13.1. The molecule has 0 spiro atoms. The first-order chi connectivity index (χ1) is 8.83. The Hall–Kier alpha value is -0.120. The van der Waals surface area contributed by atoms with Crippen molar-refractivity contribution in [3.63, 3.8) is 0 Å². The van der Waals surface area contributed by atoms with Crippen LogP contribution in [0.4, 0.5) is 0 Å². The molecule has 1 atom stereocenters.